The van der Waals surface area contributed by atoms with E-state index >= 15 is 0 Å². The second-order valence-corrected chi connectivity index (χ2v) is 3.81. The van der Waals surface area contributed by atoms with Crippen LogP contribution in [0.2, 0.25) is 0 Å². The van der Waals surface area contributed by atoms with Crippen molar-refractivity contribution < 1.29 is 0 Å². The molecule has 0 aliphatic carbocycles. The van der Waals surface area contributed by atoms with E-state index in [0.29, 0.717) is 0 Å². The van der Waals surface area contributed by atoms with Crippen molar-refractivity contribution in [1.82, 2.24) is 0 Å². The molecule has 0 radical (unpaired) electrons. The van der Waals surface area contributed by atoms with Crippen LogP contribution in [0.4, 0.5) is 0 Å². The van der Waals surface area contributed by atoms with E-state index in [9.17, 15) is 0 Å². The topological polar surface area (TPSA) is 0 Å². The molecule has 12 heavy (non-hydrogen) atoms. The third-order valence-corrected chi connectivity index (χ3v) is 2.51. The lowest BCUT2D eigenvalue weighted by molar-refractivity contribution is 0.539. The van der Waals surface area contributed by atoms with Crippen LogP contribution in [0.15, 0.2) is 12.2 Å². The second-order valence-electron chi connectivity index (χ2n) is 3.81. The molecule has 0 rings (SSSR count). The van der Waals surface area contributed by atoms with Gasteiger partial charge in [0.25, 0.3) is 0 Å². The number of allylic oxidation sites excluding steroid dienone is 1. The lowest BCUT2D eigenvalue weighted by Gasteiger charge is -2.13. The summed E-state index contributed by atoms with van der Waals surface area (Å²) in [5.74, 6) is 0.747. The van der Waals surface area contributed by atoms with Gasteiger partial charge in [0, 0.05) is 0 Å². The summed E-state index contributed by atoms with van der Waals surface area (Å²) in [5.41, 5.74) is 1.45. The van der Waals surface area contributed by atoms with E-state index in [1.165, 1.54) is 44.1 Å². The molecule has 0 saturated heterocycles. The highest BCUT2D eigenvalue weighted by molar-refractivity contribution is 4.98. The summed E-state index contributed by atoms with van der Waals surface area (Å²) in [6.45, 7) is 10.9. The van der Waals surface area contributed by atoms with Gasteiger partial charge in [-0.3, -0.25) is 0 Å². The van der Waals surface area contributed by atoms with E-state index in [1.54, 1.807) is 0 Å². The van der Waals surface area contributed by atoms with E-state index < -0.39 is 0 Å². The first-order valence-corrected chi connectivity index (χ1v) is 5.40. The number of unbranched alkanes of at least 4 members (excludes halogenated alkanes) is 2. The van der Waals surface area contributed by atoms with Crippen LogP contribution in [-0.4, -0.2) is 0 Å². The van der Waals surface area contributed by atoms with Crippen LogP contribution in [0.25, 0.3) is 0 Å². The zero-order valence-corrected chi connectivity index (χ0v) is 9.03. The summed E-state index contributed by atoms with van der Waals surface area (Å²) < 4.78 is 0. The molecule has 0 bridgehead atoms. The minimum atomic E-state index is 0.747. The molecule has 0 aliphatic heterocycles. The van der Waals surface area contributed by atoms with Crippen molar-refractivity contribution >= 4 is 0 Å². The van der Waals surface area contributed by atoms with Crippen LogP contribution in [0, 0.1) is 5.92 Å². The summed E-state index contributed by atoms with van der Waals surface area (Å²) in [6.07, 6.45) is 7.88. The molecule has 0 fully saturated rings. The van der Waals surface area contributed by atoms with Gasteiger partial charge in [0.15, 0.2) is 0 Å². The summed E-state index contributed by atoms with van der Waals surface area (Å²) >= 11 is 0. The fourth-order valence-electron chi connectivity index (χ4n) is 1.47. The number of rotatable bonds is 7. The van der Waals surface area contributed by atoms with Crippen LogP contribution in [0.5, 0.6) is 0 Å². The normalized spacial score (nSPS) is 12.9. The first-order valence-electron chi connectivity index (χ1n) is 5.40. The van der Waals surface area contributed by atoms with Crippen LogP contribution in [0.3, 0.4) is 0 Å². The average Bonchev–Trinajstić information content (AvgIpc) is 2.05. The Bertz CT molecular complexity index is 113. The van der Waals surface area contributed by atoms with Gasteiger partial charge in [-0.15, -0.1) is 0 Å². The van der Waals surface area contributed by atoms with Gasteiger partial charge < -0.3 is 0 Å². The first-order chi connectivity index (χ1) is 5.72. The maximum Gasteiger partial charge on any atom is -0.0234 e. The molecule has 1 atom stereocenters. The van der Waals surface area contributed by atoms with Crippen molar-refractivity contribution in [2.75, 3.05) is 0 Å². The molecule has 0 aromatic rings. The SMILES string of the molecule is C=C(CCC)C(C)CCCCC. The predicted octanol–water partition coefficient (Wildman–Crippen LogP) is 4.56. The average molecular weight is 168 g/mol. The molecule has 72 valence electrons. The van der Waals surface area contributed by atoms with E-state index in [4.69, 9.17) is 0 Å². The molecule has 0 spiro atoms. The van der Waals surface area contributed by atoms with Crippen molar-refractivity contribution in [2.45, 2.75) is 59.3 Å². The third-order valence-electron chi connectivity index (χ3n) is 2.51. The summed E-state index contributed by atoms with van der Waals surface area (Å²) in [4.78, 5) is 0. The molecular weight excluding hydrogens is 144 g/mol. The van der Waals surface area contributed by atoms with Crippen LogP contribution < -0.4 is 0 Å². The molecule has 0 amide bonds. The standard InChI is InChI=1S/C12H24/c1-5-7-8-10-12(4)11(3)9-6-2/h12H,3,5-10H2,1-2,4H3. The lowest BCUT2D eigenvalue weighted by atomic mass is 9.93. The summed E-state index contributed by atoms with van der Waals surface area (Å²) in [6, 6.07) is 0. The molecule has 0 N–H and O–H groups in total. The van der Waals surface area contributed by atoms with Crippen molar-refractivity contribution in [1.29, 1.82) is 0 Å². The van der Waals surface area contributed by atoms with Gasteiger partial charge >= 0.3 is 0 Å². The Kier molecular flexibility index (Phi) is 7.23. The number of hydrogen-bond donors (Lipinski definition) is 0. The maximum absolute atomic E-state index is 4.12. The fraction of sp³-hybridized carbons (Fsp3) is 0.833. The monoisotopic (exact) mass is 168 g/mol. The molecule has 0 saturated carbocycles. The molecule has 1 unspecified atom stereocenters. The maximum atomic E-state index is 4.12. The van der Waals surface area contributed by atoms with Crippen molar-refractivity contribution in [3.05, 3.63) is 12.2 Å². The zero-order valence-electron chi connectivity index (χ0n) is 9.03. The Morgan fingerprint density at radius 1 is 1.17 bits per heavy atom. The van der Waals surface area contributed by atoms with Gasteiger partial charge in [-0.2, -0.15) is 0 Å². The Balaban J connectivity index is 3.42. The highest BCUT2D eigenvalue weighted by Gasteiger charge is 2.04. The Morgan fingerprint density at radius 3 is 2.33 bits per heavy atom. The Morgan fingerprint density at radius 2 is 1.83 bits per heavy atom. The van der Waals surface area contributed by atoms with E-state index in [-0.39, 0.29) is 0 Å². The Hall–Kier alpha value is -0.260. The number of hydrogen-bond acceptors (Lipinski definition) is 0. The highest BCUT2D eigenvalue weighted by Crippen LogP contribution is 2.20. The van der Waals surface area contributed by atoms with E-state index in [2.05, 4.69) is 27.4 Å². The molecular formula is C12H24. The summed E-state index contributed by atoms with van der Waals surface area (Å²) in [5, 5.41) is 0. The highest BCUT2D eigenvalue weighted by atomic mass is 14.1. The van der Waals surface area contributed by atoms with Crippen molar-refractivity contribution in [3.8, 4) is 0 Å². The zero-order chi connectivity index (χ0) is 9.40. The molecule has 0 aromatic heterocycles. The largest absolute Gasteiger partial charge is 0.0996 e. The van der Waals surface area contributed by atoms with Gasteiger partial charge in [-0.25, -0.2) is 0 Å². The minimum absolute atomic E-state index is 0.747. The lowest BCUT2D eigenvalue weighted by Crippen LogP contribution is -1.98. The van der Waals surface area contributed by atoms with E-state index in [0.717, 1.165) is 5.92 Å². The quantitative estimate of drug-likeness (QED) is 0.386. The van der Waals surface area contributed by atoms with Crippen LogP contribution in [0.1, 0.15) is 59.3 Å². The van der Waals surface area contributed by atoms with Gasteiger partial charge in [-0.1, -0.05) is 58.6 Å². The molecule has 0 heteroatoms. The Labute approximate surface area is 78.1 Å². The van der Waals surface area contributed by atoms with Crippen LogP contribution in [-0.2, 0) is 0 Å². The minimum Gasteiger partial charge on any atom is -0.0996 e. The molecule has 0 heterocycles. The van der Waals surface area contributed by atoms with Gasteiger partial charge in [0.05, 0.1) is 0 Å². The van der Waals surface area contributed by atoms with Crippen molar-refractivity contribution in [3.63, 3.8) is 0 Å². The summed E-state index contributed by atoms with van der Waals surface area (Å²) in [7, 11) is 0. The first kappa shape index (κ1) is 11.7. The van der Waals surface area contributed by atoms with Crippen LogP contribution >= 0.6 is 0 Å². The van der Waals surface area contributed by atoms with Gasteiger partial charge in [0.1, 0.15) is 0 Å². The predicted molar refractivity (Wildman–Crippen MR) is 57.4 cm³/mol. The molecule has 0 aliphatic rings. The molecule has 0 aromatic carbocycles. The van der Waals surface area contributed by atoms with Gasteiger partial charge in [-0.05, 0) is 18.8 Å². The smallest absolute Gasteiger partial charge is 0.0234 e. The molecule has 0 nitrogen and oxygen atoms in total. The van der Waals surface area contributed by atoms with Crippen molar-refractivity contribution in [2.24, 2.45) is 5.92 Å². The fourth-order valence-corrected chi connectivity index (χ4v) is 1.47. The van der Waals surface area contributed by atoms with E-state index in [1.807, 2.05) is 0 Å². The third kappa shape index (κ3) is 5.40. The second kappa shape index (κ2) is 7.39. The van der Waals surface area contributed by atoms with Gasteiger partial charge in [0.2, 0.25) is 0 Å².